The van der Waals surface area contributed by atoms with Gasteiger partial charge in [-0.25, -0.2) is 4.98 Å². The largest absolute Gasteiger partial charge is 0.490 e. The van der Waals surface area contributed by atoms with Gasteiger partial charge in [0.1, 0.15) is 12.2 Å². The second kappa shape index (κ2) is 11.9. The standard InChI is InChI=1S/C33H23IN4O4/c1-2-40-29-16-21(15-26(34)31(29)41-20-24-11-4-3-10-23(24)18-35)19-36-38-32(30-17-22-9-5-8-14-28(22)42-30)37-27-13-7-6-12-25(27)33(38)39/h3-17,19H,2,20H2,1H3. The number of aromatic nitrogens is 2. The molecule has 0 unspecified atom stereocenters. The molecule has 0 N–H and O–H groups in total. The summed E-state index contributed by atoms with van der Waals surface area (Å²) < 4.78 is 20.2. The molecule has 2 heterocycles. The van der Waals surface area contributed by atoms with Crippen molar-refractivity contribution in [1.29, 1.82) is 5.26 Å². The number of para-hydroxylation sites is 2. The molecule has 6 aromatic rings. The van der Waals surface area contributed by atoms with Gasteiger partial charge in [-0.15, -0.1) is 0 Å². The van der Waals surface area contributed by atoms with E-state index in [9.17, 15) is 10.1 Å². The van der Waals surface area contributed by atoms with Gasteiger partial charge in [-0.1, -0.05) is 48.5 Å². The van der Waals surface area contributed by atoms with Crippen LogP contribution in [-0.2, 0) is 6.61 Å². The van der Waals surface area contributed by atoms with Crippen molar-refractivity contribution in [2.45, 2.75) is 13.5 Å². The van der Waals surface area contributed by atoms with E-state index in [1.54, 1.807) is 36.5 Å². The molecule has 0 fully saturated rings. The van der Waals surface area contributed by atoms with Crippen LogP contribution in [0.3, 0.4) is 0 Å². The Hall–Kier alpha value is -4.95. The smallest absolute Gasteiger partial charge is 0.282 e. The predicted octanol–water partition coefficient (Wildman–Crippen LogP) is 7.15. The van der Waals surface area contributed by atoms with E-state index in [1.165, 1.54) is 4.68 Å². The lowest BCUT2D eigenvalue weighted by Crippen LogP contribution is -2.20. The number of benzene rings is 4. The summed E-state index contributed by atoms with van der Waals surface area (Å²) in [6.07, 6.45) is 1.59. The van der Waals surface area contributed by atoms with E-state index in [1.807, 2.05) is 67.6 Å². The molecule has 206 valence electrons. The number of furan rings is 1. The number of nitriles is 1. The maximum Gasteiger partial charge on any atom is 0.282 e. The van der Waals surface area contributed by atoms with Gasteiger partial charge in [0, 0.05) is 10.9 Å². The minimum atomic E-state index is -0.317. The van der Waals surface area contributed by atoms with Gasteiger partial charge in [0.25, 0.3) is 5.56 Å². The summed E-state index contributed by atoms with van der Waals surface area (Å²) in [5.74, 6) is 1.82. The lowest BCUT2D eigenvalue weighted by atomic mass is 10.1. The van der Waals surface area contributed by atoms with Crippen molar-refractivity contribution in [3.05, 3.63) is 122 Å². The monoisotopic (exact) mass is 666 g/mol. The normalized spacial score (nSPS) is 11.3. The molecule has 0 aliphatic rings. The van der Waals surface area contributed by atoms with Crippen LogP contribution in [0.4, 0.5) is 0 Å². The van der Waals surface area contributed by atoms with Gasteiger partial charge in [-0.2, -0.15) is 15.0 Å². The van der Waals surface area contributed by atoms with Crippen LogP contribution in [0.2, 0.25) is 0 Å². The first kappa shape index (κ1) is 27.2. The molecule has 8 nitrogen and oxygen atoms in total. The van der Waals surface area contributed by atoms with E-state index < -0.39 is 0 Å². The topological polar surface area (TPSA) is 103 Å². The average molecular weight is 666 g/mol. The summed E-state index contributed by atoms with van der Waals surface area (Å²) >= 11 is 2.18. The molecule has 0 atom stereocenters. The van der Waals surface area contributed by atoms with Crippen LogP contribution in [-0.4, -0.2) is 22.5 Å². The van der Waals surface area contributed by atoms with Gasteiger partial charge in [0.2, 0.25) is 5.82 Å². The van der Waals surface area contributed by atoms with Crippen molar-refractivity contribution in [1.82, 2.24) is 9.66 Å². The molecule has 0 saturated carbocycles. The molecule has 0 aliphatic heterocycles. The Kier molecular flexibility index (Phi) is 7.70. The second-order valence-corrected chi connectivity index (χ2v) is 10.4. The van der Waals surface area contributed by atoms with Crippen LogP contribution in [0.15, 0.2) is 105 Å². The molecule has 0 spiro atoms. The summed E-state index contributed by atoms with van der Waals surface area (Å²) in [6, 6.07) is 29.8. The minimum absolute atomic E-state index is 0.215. The summed E-state index contributed by atoms with van der Waals surface area (Å²) in [5, 5.41) is 15.3. The number of hydrogen-bond acceptors (Lipinski definition) is 7. The predicted molar refractivity (Wildman–Crippen MR) is 170 cm³/mol. The van der Waals surface area contributed by atoms with Gasteiger partial charge in [-0.3, -0.25) is 4.79 Å². The van der Waals surface area contributed by atoms with Gasteiger partial charge in [0.05, 0.1) is 38.9 Å². The zero-order valence-electron chi connectivity index (χ0n) is 22.5. The van der Waals surface area contributed by atoms with Crippen LogP contribution in [0, 0.1) is 14.9 Å². The molecule has 0 amide bonds. The lowest BCUT2D eigenvalue weighted by Gasteiger charge is -2.15. The molecular formula is C33H23IN4O4. The summed E-state index contributed by atoms with van der Waals surface area (Å²) in [7, 11) is 0. The first-order valence-electron chi connectivity index (χ1n) is 13.2. The third kappa shape index (κ3) is 5.36. The third-order valence-corrected chi connectivity index (χ3v) is 7.36. The third-order valence-electron chi connectivity index (χ3n) is 6.56. The number of hydrogen-bond donors (Lipinski definition) is 0. The highest BCUT2D eigenvalue weighted by Crippen LogP contribution is 2.35. The van der Waals surface area contributed by atoms with Gasteiger partial charge in [0.15, 0.2) is 17.3 Å². The maximum absolute atomic E-state index is 13.6. The van der Waals surface area contributed by atoms with E-state index in [0.717, 1.165) is 14.5 Å². The number of nitrogens with zero attached hydrogens (tertiary/aromatic N) is 4. The van der Waals surface area contributed by atoms with E-state index in [0.29, 0.717) is 57.3 Å². The minimum Gasteiger partial charge on any atom is -0.490 e. The zero-order chi connectivity index (χ0) is 29.1. The van der Waals surface area contributed by atoms with Crippen LogP contribution < -0.4 is 15.0 Å². The van der Waals surface area contributed by atoms with E-state index in [4.69, 9.17) is 18.9 Å². The SMILES string of the molecule is CCOc1cc(C=Nn2c(-c3cc4ccccc4o3)nc3ccccc3c2=O)cc(I)c1OCc1ccccc1C#N. The van der Waals surface area contributed by atoms with Gasteiger partial charge >= 0.3 is 0 Å². The molecule has 6 rings (SSSR count). The number of rotatable bonds is 8. The van der Waals surface area contributed by atoms with Crippen molar-refractivity contribution < 1.29 is 13.9 Å². The Balaban J connectivity index is 1.40. The molecule has 42 heavy (non-hydrogen) atoms. The summed E-state index contributed by atoms with van der Waals surface area (Å²) in [4.78, 5) is 18.4. The van der Waals surface area contributed by atoms with E-state index in [2.05, 4.69) is 33.8 Å². The number of fused-ring (bicyclic) bond motifs is 2. The van der Waals surface area contributed by atoms with Crippen LogP contribution >= 0.6 is 22.6 Å². The Morgan fingerprint density at radius 1 is 1.02 bits per heavy atom. The fourth-order valence-electron chi connectivity index (χ4n) is 4.58. The highest BCUT2D eigenvalue weighted by atomic mass is 127. The lowest BCUT2D eigenvalue weighted by molar-refractivity contribution is 0.267. The number of halogens is 1. The first-order chi connectivity index (χ1) is 20.6. The second-order valence-electron chi connectivity index (χ2n) is 9.28. The van der Waals surface area contributed by atoms with Gasteiger partial charge in [-0.05, 0) is 77.5 Å². The first-order valence-corrected chi connectivity index (χ1v) is 14.3. The molecular weight excluding hydrogens is 643 g/mol. The fourth-order valence-corrected chi connectivity index (χ4v) is 5.36. The number of ether oxygens (including phenoxy) is 2. The average Bonchev–Trinajstić information content (AvgIpc) is 3.45. The van der Waals surface area contributed by atoms with Crippen LogP contribution in [0.25, 0.3) is 33.5 Å². The van der Waals surface area contributed by atoms with Crippen molar-refractivity contribution in [3.63, 3.8) is 0 Å². The quantitative estimate of drug-likeness (QED) is 0.126. The van der Waals surface area contributed by atoms with Gasteiger partial charge < -0.3 is 13.9 Å². The van der Waals surface area contributed by atoms with E-state index in [-0.39, 0.29) is 12.2 Å². The molecule has 0 bridgehead atoms. The van der Waals surface area contributed by atoms with Crippen molar-refractivity contribution in [2.75, 3.05) is 6.61 Å². The Morgan fingerprint density at radius 2 is 1.81 bits per heavy atom. The highest BCUT2D eigenvalue weighted by molar-refractivity contribution is 14.1. The molecule has 0 aliphatic carbocycles. The molecule has 0 radical (unpaired) electrons. The molecule has 0 saturated heterocycles. The van der Waals surface area contributed by atoms with Crippen molar-refractivity contribution in [2.24, 2.45) is 5.10 Å². The Bertz CT molecular complexity index is 2040. The van der Waals surface area contributed by atoms with Crippen molar-refractivity contribution >= 4 is 50.7 Å². The summed E-state index contributed by atoms with van der Waals surface area (Å²) in [6.45, 7) is 2.53. The fraction of sp³-hybridized carbons (Fsp3) is 0.0909. The Morgan fingerprint density at radius 3 is 2.64 bits per heavy atom. The van der Waals surface area contributed by atoms with Crippen LogP contribution in [0.5, 0.6) is 11.5 Å². The molecule has 4 aromatic carbocycles. The highest BCUT2D eigenvalue weighted by Gasteiger charge is 2.17. The van der Waals surface area contributed by atoms with Crippen LogP contribution in [0.1, 0.15) is 23.6 Å². The van der Waals surface area contributed by atoms with Crippen molar-refractivity contribution in [3.8, 4) is 29.2 Å². The molecule has 9 heteroatoms. The maximum atomic E-state index is 13.6. The Labute approximate surface area is 254 Å². The summed E-state index contributed by atoms with van der Waals surface area (Å²) in [5.41, 5.74) is 2.96. The van der Waals surface area contributed by atoms with E-state index >= 15 is 0 Å². The zero-order valence-corrected chi connectivity index (χ0v) is 24.6. The molecule has 2 aromatic heterocycles.